The maximum Gasteiger partial charge on any atom is 0.318 e. The van der Waals surface area contributed by atoms with E-state index in [0.29, 0.717) is 18.8 Å². The molecule has 1 saturated carbocycles. The van der Waals surface area contributed by atoms with E-state index in [-0.39, 0.29) is 36.9 Å². The Labute approximate surface area is 193 Å². The monoisotopic (exact) mass is 457 g/mol. The van der Waals surface area contributed by atoms with Crippen LogP contribution in [0.15, 0.2) is 29.6 Å². The van der Waals surface area contributed by atoms with Gasteiger partial charge in [-0.1, -0.05) is 6.07 Å². The van der Waals surface area contributed by atoms with E-state index < -0.39 is 0 Å². The fraction of sp³-hybridized carbons (Fsp3) is 0.500. The van der Waals surface area contributed by atoms with Gasteiger partial charge in [-0.15, -0.1) is 11.3 Å². The van der Waals surface area contributed by atoms with Crippen LogP contribution in [0.3, 0.4) is 0 Å². The van der Waals surface area contributed by atoms with Crippen LogP contribution in [0.5, 0.6) is 11.5 Å². The van der Waals surface area contributed by atoms with Gasteiger partial charge in [-0.05, 0) is 75.2 Å². The minimum Gasteiger partial charge on any atom is -0.454 e. The first-order valence-corrected chi connectivity index (χ1v) is 11.9. The Hall–Kier alpha value is -2.74. The molecular formula is C24H31N3O4S. The molecule has 2 aromatic rings. The fourth-order valence-electron chi connectivity index (χ4n) is 3.62. The summed E-state index contributed by atoms with van der Waals surface area (Å²) in [5.41, 5.74) is 1.78. The molecule has 8 heteroatoms. The number of ether oxygens (including phenoxy) is 2. The summed E-state index contributed by atoms with van der Waals surface area (Å²) in [6.45, 7) is 9.14. The number of fused-ring (bicyclic) bond motifs is 1. The molecule has 7 nitrogen and oxygen atoms in total. The van der Waals surface area contributed by atoms with Crippen LogP contribution in [0.1, 0.15) is 49.6 Å². The van der Waals surface area contributed by atoms with Gasteiger partial charge in [-0.2, -0.15) is 0 Å². The van der Waals surface area contributed by atoms with Gasteiger partial charge in [0, 0.05) is 23.0 Å². The van der Waals surface area contributed by atoms with E-state index in [1.165, 1.54) is 5.56 Å². The lowest BCUT2D eigenvalue weighted by Gasteiger charge is -2.30. The van der Waals surface area contributed by atoms with Crippen molar-refractivity contribution < 1.29 is 19.1 Å². The third kappa shape index (κ3) is 5.54. The largest absolute Gasteiger partial charge is 0.454 e. The first kappa shape index (κ1) is 22.5. The average Bonchev–Trinajstić information content (AvgIpc) is 3.31. The van der Waals surface area contributed by atoms with Gasteiger partial charge in [-0.25, -0.2) is 4.79 Å². The average molecular weight is 458 g/mol. The van der Waals surface area contributed by atoms with Crippen molar-refractivity contribution >= 4 is 23.3 Å². The van der Waals surface area contributed by atoms with Crippen molar-refractivity contribution in [3.8, 4) is 11.5 Å². The highest BCUT2D eigenvalue weighted by Crippen LogP contribution is 2.33. The van der Waals surface area contributed by atoms with Crippen LogP contribution in [0.4, 0.5) is 4.79 Å². The first-order chi connectivity index (χ1) is 15.2. The molecule has 1 aromatic carbocycles. The highest BCUT2D eigenvalue weighted by Gasteiger charge is 2.36. The molecule has 1 fully saturated rings. The summed E-state index contributed by atoms with van der Waals surface area (Å²) in [6, 6.07) is 7.79. The maximum atomic E-state index is 13.5. The number of amides is 3. The Morgan fingerprint density at radius 1 is 1.12 bits per heavy atom. The number of carbonyl (C=O) groups excluding carboxylic acids is 2. The van der Waals surface area contributed by atoms with Gasteiger partial charge in [0.05, 0.1) is 6.54 Å². The number of aryl methyl sites for hydroxylation is 1. The minimum absolute atomic E-state index is 0.0635. The molecule has 32 heavy (non-hydrogen) atoms. The fourth-order valence-corrected chi connectivity index (χ4v) is 4.54. The van der Waals surface area contributed by atoms with E-state index in [9.17, 15) is 9.59 Å². The Bertz CT molecular complexity index is 993. The second-order valence-corrected chi connectivity index (χ2v) is 10.5. The van der Waals surface area contributed by atoms with E-state index in [0.717, 1.165) is 29.0 Å². The van der Waals surface area contributed by atoms with Crippen molar-refractivity contribution in [3.63, 3.8) is 0 Å². The third-order valence-electron chi connectivity index (χ3n) is 5.50. The second kappa shape index (κ2) is 9.02. The van der Waals surface area contributed by atoms with Crippen LogP contribution in [0.2, 0.25) is 0 Å². The number of hydrogen-bond donors (Lipinski definition) is 1. The number of thiophene rings is 1. The molecule has 1 aliphatic carbocycles. The molecule has 4 rings (SSSR count). The second-order valence-electron chi connectivity index (χ2n) is 9.50. The van der Waals surface area contributed by atoms with Gasteiger partial charge in [0.15, 0.2) is 11.5 Å². The quantitative estimate of drug-likeness (QED) is 0.673. The summed E-state index contributed by atoms with van der Waals surface area (Å²) in [6.07, 6.45) is 1.88. The summed E-state index contributed by atoms with van der Waals surface area (Å²) in [5.74, 6) is 1.36. The third-order valence-corrected chi connectivity index (χ3v) is 6.51. The highest BCUT2D eigenvalue weighted by molar-refractivity contribution is 7.10. The molecule has 1 aromatic heterocycles. The summed E-state index contributed by atoms with van der Waals surface area (Å²) in [7, 11) is 0. The van der Waals surface area contributed by atoms with Crippen LogP contribution in [0.25, 0.3) is 0 Å². The predicted octanol–water partition coefficient (Wildman–Crippen LogP) is 4.29. The Morgan fingerprint density at radius 3 is 2.53 bits per heavy atom. The van der Waals surface area contributed by atoms with Crippen molar-refractivity contribution in [2.45, 2.75) is 65.2 Å². The zero-order chi connectivity index (χ0) is 22.9. The lowest BCUT2D eigenvalue weighted by Crippen LogP contribution is -2.52. The molecule has 2 aliphatic rings. The van der Waals surface area contributed by atoms with E-state index in [2.05, 4.69) is 18.3 Å². The van der Waals surface area contributed by atoms with Crippen molar-refractivity contribution in [1.29, 1.82) is 0 Å². The molecule has 3 amide bonds. The van der Waals surface area contributed by atoms with E-state index in [1.54, 1.807) is 16.2 Å². The minimum atomic E-state index is -0.354. The summed E-state index contributed by atoms with van der Waals surface area (Å²) in [4.78, 5) is 31.0. The normalized spacial score (nSPS) is 14.9. The number of urea groups is 1. The maximum absolute atomic E-state index is 13.5. The first-order valence-electron chi connectivity index (χ1n) is 11.0. The topological polar surface area (TPSA) is 71.1 Å². The number of benzene rings is 1. The SMILES string of the molecule is Cc1ccsc1CN(Cc1ccc2c(c1)OCO2)C(=O)CN(C(=O)NC(C)(C)C)C1CC1. The van der Waals surface area contributed by atoms with Gasteiger partial charge in [-0.3, -0.25) is 4.79 Å². The molecule has 0 saturated heterocycles. The van der Waals surface area contributed by atoms with Crippen molar-refractivity contribution in [1.82, 2.24) is 15.1 Å². The number of carbonyl (C=O) groups is 2. The van der Waals surface area contributed by atoms with E-state index >= 15 is 0 Å². The van der Waals surface area contributed by atoms with E-state index in [1.807, 2.05) is 49.3 Å². The van der Waals surface area contributed by atoms with Crippen molar-refractivity contribution in [2.75, 3.05) is 13.3 Å². The van der Waals surface area contributed by atoms with Crippen LogP contribution in [-0.4, -0.2) is 46.7 Å². The van der Waals surface area contributed by atoms with Gasteiger partial charge < -0.3 is 24.6 Å². The standard InChI is InChI=1S/C24H31N3O4S/c1-16-9-10-32-21(16)13-26(12-17-5-8-19-20(11-17)31-15-30-19)22(28)14-27(18-6-7-18)23(29)25-24(2,3)4/h5,8-11,18H,6-7,12-15H2,1-4H3,(H,25,29). The van der Waals surface area contributed by atoms with Crippen LogP contribution in [-0.2, 0) is 17.9 Å². The number of nitrogens with zero attached hydrogens (tertiary/aromatic N) is 2. The van der Waals surface area contributed by atoms with Gasteiger partial charge >= 0.3 is 6.03 Å². The molecule has 0 radical (unpaired) electrons. The lowest BCUT2D eigenvalue weighted by atomic mass is 10.1. The van der Waals surface area contributed by atoms with Gasteiger partial charge in [0.1, 0.15) is 6.54 Å². The smallest absolute Gasteiger partial charge is 0.318 e. The summed E-state index contributed by atoms with van der Waals surface area (Å²) in [5, 5.41) is 5.05. The number of rotatable bonds is 7. The number of nitrogens with one attached hydrogen (secondary N) is 1. The van der Waals surface area contributed by atoms with Crippen molar-refractivity contribution in [2.24, 2.45) is 0 Å². The van der Waals surface area contributed by atoms with Crippen LogP contribution < -0.4 is 14.8 Å². The molecule has 0 bridgehead atoms. The molecule has 1 aliphatic heterocycles. The van der Waals surface area contributed by atoms with Crippen molar-refractivity contribution in [3.05, 3.63) is 45.6 Å². The van der Waals surface area contributed by atoms with Crippen LogP contribution >= 0.6 is 11.3 Å². The summed E-state index contributed by atoms with van der Waals surface area (Å²) >= 11 is 1.65. The predicted molar refractivity (Wildman–Crippen MR) is 124 cm³/mol. The van der Waals surface area contributed by atoms with E-state index in [4.69, 9.17) is 9.47 Å². The number of hydrogen-bond acceptors (Lipinski definition) is 5. The molecule has 0 atom stereocenters. The Morgan fingerprint density at radius 2 is 1.88 bits per heavy atom. The van der Waals surface area contributed by atoms with Crippen LogP contribution in [0, 0.1) is 6.92 Å². The molecular weight excluding hydrogens is 426 g/mol. The van der Waals surface area contributed by atoms with Gasteiger partial charge in [0.2, 0.25) is 12.7 Å². The summed E-state index contributed by atoms with van der Waals surface area (Å²) < 4.78 is 10.9. The molecule has 2 heterocycles. The molecule has 1 N–H and O–H groups in total. The Kier molecular flexibility index (Phi) is 6.33. The molecule has 0 unspecified atom stereocenters. The lowest BCUT2D eigenvalue weighted by molar-refractivity contribution is -0.133. The molecule has 0 spiro atoms. The zero-order valence-corrected chi connectivity index (χ0v) is 20.0. The Balaban J connectivity index is 1.52. The highest BCUT2D eigenvalue weighted by atomic mass is 32.1. The zero-order valence-electron chi connectivity index (χ0n) is 19.1. The molecule has 172 valence electrons. The van der Waals surface area contributed by atoms with Gasteiger partial charge in [0.25, 0.3) is 0 Å².